The van der Waals surface area contributed by atoms with E-state index in [-0.39, 0.29) is 11.9 Å². The second-order valence-corrected chi connectivity index (χ2v) is 5.29. The summed E-state index contributed by atoms with van der Waals surface area (Å²) in [6.07, 6.45) is 6.75. The number of hydrogen-bond donors (Lipinski definition) is 2. The van der Waals surface area contributed by atoms with E-state index in [1.807, 2.05) is 0 Å². The zero-order chi connectivity index (χ0) is 11.6. The van der Waals surface area contributed by atoms with Crippen LogP contribution in [0.5, 0.6) is 0 Å². The maximum absolute atomic E-state index is 11.8. The summed E-state index contributed by atoms with van der Waals surface area (Å²) in [7, 11) is 0. The molecule has 1 saturated heterocycles. The van der Waals surface area contributed by atoms with Crippen molar-refractivity contribution in [1.29, 1.82) is 0 Å². The highest BCUT2D eigenvalue weighted by Gasteiger charge is 2.35. The monoisotopic (exact) mass is 226 g/mol. The summed E-state index contributed by atoms with van der Waals surface area (Å²) in [5.74, 6) is 0.0187. The van der Waals surface area contributed by atoms with Gasteiger partial charge in [0.15, 0.2) is 0 Å². The third-order valence-electron chi connectivity index (χ3n) is 3.84. The molecule has 0 aromatic carbocycles. The minimum Gasteiger partial charge on any atom is -0.388 e. The summed E-state index contributed by atoms with van der Waals surface area (Å²) in [5, 5.41) is 10.4. The molecule has 0 radical (unpaired) electrons. The van der Waals surface area contributed by atoms with Crippen molar-refractivity contribution in [2.24, 2.45) is 5.73 Å². The summed E-state index contributed by atoms with van der Waals surface area (Å²) in [5.41, 5.74) is 5.10. The number of β-amino-alcohol motifs (C(OH)–C–C–N with tert-alkyl or cyclic N) is 1. The summed E-state index contributed by atoms with van der Waals surface area (Å²) in [6.45, 7) is 1.24. The molecule has 92 valence electrons. The van der Waals surface area contributed by atoms with Gasteiger partial charge in [0.25, 0.3) is 0 Å². The Morgan fingerprint density at radius 1 is 1.31 bits per heavy atom. The molecule has 16 heavy (non-hydrogen) atoms. The average molecular weight is 226 g/mol. The lowest BCUT2D eigenvalue weighted by atomic mass is 9.84. The van der Waals surface area contributed by atoms with Crippen LogP contribution in [0.3, 0.4) is 0 Å². The molecule has 0 bridgehead atoms. The van der Waals surface area contributed by atoms with Crippen LogP contribution in [0.25, 0.3) is 0 Å². The number of nitrogens with zero attached hydrogens (tertiary/aromatic N) is 1. The van der Waals surface area contributed by atoms with Crippen LogP contribution in [-0.2, 0) is 4.79 Å². The molecule has 1 aliphatic carbocycles. The molecule has 0 spiro atoms. The first-order chi connectivity index (χ1) is 7.61. The zero-order valence-corrected chi connectivity index (χ0v) is 9.82. The van der Waals surface area contributed by atoms with Gasteiger partial charge in [0, 0.05) is 13.1 Å². The predicted octanol–water partition coefficient (Wildman–Crippen LogP) is 0.631. The first-order valence-corrected chi connectivity index (χ1v) is 6.37. The fourth-order valence-electron chi connectivity index (χ4n) is 2.85. The fourth-order valence-corrected chi connectivity index (χ4v) is 2.85. The molecule has 1 aliphatic heterocycles. The third kappa shape index (κ3) is 2.55. The van der Waals surface area contributed by atoms with Crippen molar-refractivity contribution in [3.05, 3.63) is 0 Å². The number of carbonyl (C=O) groups is 1. The molecule has 4 nitrogen and oxygen atoms in total. The van der Waals surface area contributed by atoms with Gasteiger partial charge in [-0.2, -0.15) is 0 Å². The van der Waals surface area contributed by atoms with Crippen molar-refractivity contribution in [3.63, 3.8) is 0 Å². The summed E-state index contributed by atoms with van der Waals surface area (Å²) < 4.78 is 0. The van der Waals surface area contributed by atoms with Crippen LogP contribution in [-0.4, -0.2) is 40.6 Å². The van der Waals surface area contributed by atoms with Gasteiger partial charge in [0.1, 0.15) is 0 Å². The molecule has 2 aliphatic rings. The zero-order valence-electron chi connectivity index (χ0n) is 9.82. The van der Waals surface area contributed by atoms with Crippen molar-refractivity contribution < 1.29 is 9.90 Å². The standard InChI is InChI=1S/C12H22N2O2/c13-10-5-4-8-14(11(10)15)9-12(16)6-2-1-3-7-12/h10,16H,1-9,13H2. The van der Waals surface area contributed by atoms with Gasteiger partial charge in [0.2, 0.25) is 5.91 Å². The lowest BCUT2D eigenvalue weighted by molar-refractivity contribution is -0.140. The highest BCUT2D eigenvalue weighted by molar-refractivity contribution is 5.82. The quantitative estimate of drug-likeness (QED) is 0.726. The summed E-state index contributed by atoms with van der Waals surface area (Å²) in [6, 6.07) is -0.346. The minimum atomic E-state index is -0.648. The van der Waals surface area contributed by atoms with Crippen LogP contribution in [0.15, 0.2) is 0 Å². The van der Waals surface area contributed by atoms with Gasteiger partial charge < -0.3 is 15.7 Å². The molecular weight excluding hydrogens is 204 g/mol. The second kappa shape index (κ2) is 4.72. The van der Waals surface area contributed by atoms with Gasteiger partial charge in [-0.3, -0.25) is 4.79 Å². The normalized spacial score (nSPS) is 30.5. The maximum atomic E-state index is 11.8. The van der Waals surface area contributed by atoms with Gasteiger partial charge in [-0.1, -0.05) is 19.3 Å². The Labute approximate surface area is 96.8 Å². The van der Waals surface area contributed by atoms with Crippen LogP contribution in [0, 0.1) is 0 Å². The Morgan fingerprint density at radius 3 is 2.69 bits per heavy atom. The predicted molar refractivity (Wildman–Crippen MR) is 61.8 cm³/mol. The van der Waals surface area contributed by atoms with E-state index in [9.17, 15) is 9.90 Å². The van der Waals surface area contributed by atoms with Crippen molar-refractivity contribution >= 4 is 5.91 Å². The molecule has 1 amide bonds. The molecule has 0 aromatic rings. The summed E-state index contributed by atoms with van der Waals surface area (Å²) in [4.78, 5) is 13.6. The van der Waals surface area contributed by atoms with Crippen LogP contribution in [0.4, 0.5) is 0 Å². The topological polar surface area (TPSA) is 66.6 Å². The fraction of sp³-hybridized carbons (Fsp3) is 0.917. The molecule has 1 heterocycles. The molecule has 4 heteroatoms. The number of piperidine rings is 1. The lowest BCUT2D eigenvalue weighted by Gasteiger charge is -2.39. The van der Waals surface area contributed by atoms with Gasteiger partial charge in [-0.15, -0.1) is 0 Å². The number of amides is 1. The van der Waals surface area contributed by atoms with Crippen LogP contribution in [0.1, 0.15) is 44.9 Å². The van der Waals surface area contributed by atoms with Crippen LogP contribution in [0.2, 0.25) is 0 Å². The van der Waals surface area contributed by atoms with Crippen molar-refractivity contribution in [2.75, 3.05) is 13.1 Å². The number of carbonyl (C=O) groups excluding carboxylic acids is 1. The van der Waals surface area contributed by atoms with E-state index in [0.29, 0.717) is 6.54 Å². The molecule has 1 saturated carbocycles. The van der Waals surface area contributed by atoms with E-state index >= 15 is 0 Å². The Hall–Kier alpha value is -0.610. The largest absolute Gasteiger partial charge is 0.388 e. The van der Waals surface area contributed by atoms with Crippen molar-refractivity contribution in [3.8, 4) is 0 Å². The molecule has 0 aromatic heterocycles. The number of nitrogens with two attached hydrogens (primary N) is 1. The van der Waals surface area contributed by atoms with Crippen LogP contribution >= 0.6 is 0 Å². The molecule has 1 atom stereocenters. The van der Waals surface area contributed by atoms with Crippen LogP contribution < -0.4 is 5.73 Å². The highest BCUT2D eigenvalue weighted by Crippen LogP contribution is 2.29. The van der Waals surface area contributed by atoms with E-state index in [1.165, 1.54) is 6.42 Å². The maximum Gasteiger partial charge on any atom is 0.239 e. The van der Waals surface area contributed by atoms with E-state index < -0.39 is 5.60 Å². The minimum absolute atomic E-state index is 0.0187. The second-order valence-electron chi connectivity index (χ2n) is 5.29. The Bertz CT molecular complexity index is 262. The molecule has 2 rings (SSSR count). The van der Waals surface area contributed by atoms with E-state index in [1.54, 1.807) is 4.90 Å². The molecular formula is C12H22N2O2. The van der Waals surface area contributed by atoms with E-state index in [4.69, 9.17) is 5.73 Å². The third-order valence-corrected chi connectivity index (χ3v) is 3.84. The van der Waals surface area contributed by atoms with E-state index in [0.717, 1.165) is 45.1 Å². The molecule has 3 N–H and O–H groups in total. The Balaban J connectivity index is 1.94. The number of aliphatic hydroxyl groups is 1. The number of rotatable bonds is 2. The average Bonchev–Trinajstić information content (AvgIpc) is 2.26. The highest BCUT2D eigenvalue weighted by atomic mass is 16.3. The summed E-state index contributed by atoms with van der Waals surface area (Å²) >= 11 is 0. The number of likely N-dealkylation sites (tertiary alicyclic amines) is 1. The lowest BCUT2D eigenvalue weighted by Crippen LogP contribution is -2.54. The van der Waals surface area contributed by atoms with Gasteiger partial charge >= 0.3 is 0 Å². The van der Waals surface area contributed by atoms with Gasteiger partial charge in [0.05, 0.1) is 11.6 Å². The Kier molecular flexibility index (Phi) is 3.50. The van der Waals surface area contributed by atoms with Gasteiger partial charge in [-0.05, 0) is 25.7 Å². The van der Waals surface area contributed by atoms with Gasteiger partial charge in [-0.25, -0.2) is 0 Å². The Morgan fingerprint density at radius 2 is 2.00 bits per heavy atom. The van der Waals surface area contributed by atoms with E-state index in [2.05, 4.69) is 0 Å². The molecule has 2 fully saturated rings. The smallest absolute Gasteiger partial charge is 0.239 e. The van der Waals surface area contributed by atoms with Crippen molar-refractivity contribution in [2.45, 2.75) is 56.6 Å². The number of hydrogen-bond acceptors (Lipinski definition) is 3. The first-order valence-electron chi connectivity index (χ1n) is 6.37. The SMILES string of the molecule is NC1CCCN(CC2(O)CCCCC2)C1=O. The molecule has 1 unspecified atom stereocenters. The van der Waals surface area contributed by atoms with Crippen molar-refractivity contribution in [1.82, 2.24) is 4.90 Å². The first kappa shape index (κ1) is 11.9.